The van der Waals surface area contributed by atoms with Crippen LogP contribution in [-0.2, 0) is 4.79 Å². The van der Waals surface area contributed by atoms with E-state index < -0.39 is 53.2 Å². The second-order valence-corrected chi connectivity index (χ2v) is 5.52. The molecule has 2 amide bonds. The van der Waals surface area contributed by atoms with E-state index in [9.17, 15) is 66.7 Å². The Balaban J connectivity index is 3.21. The van der Waals surface area contributed by atoms with Crippen molar-refractivity contribution in [2.75, 3.05) is 0 Å². The van der Waals surface area contributed by atoms with Crippen molar-refractivity contribution in [3.63, 3.8) is 0 Å². The van der Waals surface area contributed by atoms with Gasteiger partial charge in [-0.15, -0.1) is 0 Å². The number of hydrogen-bond acceptors (Lipinski definition) is 3. The maximum absolute atomic E-state index is 13.5. The average molecular weight is 483 g/mol. The predicted molar refractivity (Wildman–Crippen MR) is 70.6 cm³/mol. The molecule has 5 nitrogen and oxygen atoms in total. The fourth-order valence-electron chi connectivity index (χ4n) is 1.67. The van der Waals surface area contributed by atoms with Crippen LogP contribution in [0.5, 0.6) is 0 Å². The third kappa shape index (κ3) is 4.06. The van der Waals surface area contributed by atoms with E-state index in [1.165, 1.54) is 0 Å². The summed E-state index contributed by atoms with van der Waals surface area (Å²) in [5, 5.41) is 0. The minimum atomic E-state index is -8.13. The van der Waals surface area contributed by atoms with Gasteiger partial charge in [-0.1, -0.05) is 0 Å². The van der Waals surface area contributed by atoms with Gasteiger partial charge in [-0.05, 0) is 12.1 Å². The molecule has 0 aliphatic heterocycles. The predicted octanol–water partition coefficient (Wildman–Crippen LogP) is 3.58. The van der Waals surface area contributed by atoms with Gasteiger partial charge < -0.3 is 0 Å². The first-order valence-electron chi connectivity index (χ1n) is 7.13. The maximum atomic E-state index is 13.5. The number of hydrogen-bond donors (Lipinski definition) is 2. The zero-order valence-corrected chi connectivity index (χ0v) is 14.0. The summed E-state index contributed by atoms with van der Waals surface area (Å²) in [7, 11) is 0. The summed E-state index contributed by atoms with van der Waals surface area (Å²) in [5.74, 6) is -44.2. The van der Waals surface area contributed by atoms with Crippen LogP contribution in [0.4, 0.5) is 57.1 Å². The van der Waals surface area contributed by atoms with Crippen LogP contribution >= 0.6 is 0 Å². The van der Waals surface area contributed by atoms with E-state index in [0.717, 1.165) is 30.0 Å². The number of amides is 2. The van der Waals surface area contributed by atoms with Gasteiger partial charge in [-0.25, -0.2) is 0 Å². The van der Waals surface area contributed by atoms with Gasteiger partial charge >= 0.3 is 41.7 Å². The highest BCUT2D eigenvalue weighted by molar-refractivity contribution is 5.96. The highest BCUT2D eigenvalue weighted by Gasteiger charge is 2.91. The molecule has 0 spiro atoms. The van der Waals surface area contributed by atoms with Crippen molar-refractivity contribution in [2.45, 2.75) is 35.8 Å². The Labute approximate surface area is 161 Å². The highest BCUT2D eigenvalue weighted by Crippen LogP contribution is 2.60. The number of halogens is 13. The number of carbonyl (C=O) groups excluding carboxylic acids is 2. The summed E-state index contributed by atoms with van der Waals surface area (Å²) in [4.78, 5) is 25.9. The lowest BCUT2D eigenvalue weighted by molar-refractivity contribution is -0.436. The zero-order valence-electron chi connectivity index (χ0n) is 14.0. The number of nitrogens with one attached hydrogen (secondary N) is 2. The SMILES string of the molecule is O=C(NNC(=O)C(F)(F)C(F)(F)C(F)(F)C(F)(F)C(F)(F)C(F)(F)F)c1cccnc1. The molecule has 1 rings (SSSR count). The maximum Gasteiger partial charge on any atom is 0.460 e. The van der Waals surface area contributed by atoms with Crippen molar-refractivity contribution >= 4 is 11.8 Å². The molecule has 1 heterocycles. The Morgan fingerprint density at radius 2 is 1.19 bits per heavy atom. The fourth-order valence-corrected chi connectivity index (χ4v) is 1.67. The van der Waals surface area contributed by atoms with Crippen molar-refractivity contribution in [3.05, 3.63) is 30.1 Å². The summed E-state index contributed by atoms with van der Waals surface area (Å²) in [5.41, 5.74) is 0.877. The molecular formula is C13H6F13N3O2. The number of carbonyl (C=O) groups is 2. The standard InChI is InChI=1S/C13H6F13N3O2/c14-8(15,7(31)29-28-6(30)5-2-1-3-27-4-5)9(16,17)10(18,19)11(20,21)12(22,23)13(24,25)26/h1-4H,(H,28,30)(H,29,31). The minimum Gasteiger partial charge on any atom is -0.267 e. The fraction of sp³-hybridized carbons (Fsp3) is 0.462. The minimum absolute atomic E-state index is 0.436. The first-order chi connectivity index (χ1) is 13.7. The molecule has 0 bridgehead atoms. The van der Waals surface area contributed by atoms with Crippen molar-refractivity contribution in [1.29, 1.82) is 0 Å². The number of hydrazine groups is 1. The van der Waals surface area contributed by atoms with E-state index in [-0.39, 0.29) is 0 Å². The quantitative estimate of drug-likeness (QED) is 0.480. The molecule has 0 fully saturated rings. The van der Waals surface area contributed by atoms with Gasteiger partial charge in [0.25, 0.3) is 5.91 Å². The lowest BCUT2D eigenvalue weighted by Gasteiger charge is -2.39. The van der Waals surface area contributed by atoms with Crippen LogP contribution in [-0.4, -0.2) is 52.6 Å². The molecule has 18 heteroatoms. The van der Waals surface area contributed by atoms with Gasteiger partial charge in [0.15, 0.2) is 0 Å². The Kier molecular flexibility index (Phi) is 6.51. The largest absolute Gasteiger partial charge is 0.460 e. The monoisotopic (exact) mass is 483 g/mol. The van der Waals surface area contributed by atoms with Crippen LogP contribution in [0.1, 0.15) is 10.4 Å². The van der Waals surface area contributed by atoms with Crippen molar-refractivity contribution in [1.82, 2.24) is 15.8 Å². The first-order valence-corrected chi connectivity index (χ1v) is 7.13. The Hall–Kier alpha value is -2.82. The van der Waals surface area contributed by atoms with Gasteiger partial charge in [0.2, 0.25) is 0 Å². The average Bonchev–Trinajstić information content (AvgIpc) is 2.64. The Morgan fingerprint density at radius 1 is 0.710 bits per heavy atom. The number of rotatable bonds is 6. The molecule has 0 saturated heterocycles. The third-order valence-electron chi connectivity index (χ3n) is 3.43. The van der Waals surface area contributed by atoms with Gasteiger partial charge in [-0.2, -0.15) is 57.1 Å². The van der Waals surface area contributed by atoms with E-state index in [1.807, 2.05) is 0 Å². The van der Waals surface area contributed by atoms with Crippen molar-refractivity contribution in [2.24, 2.45) is 0 Å². The number of nitrogens with zero attached hydrogens (tertiary/aromatic N) is 1. The number of pyridine rings is 1. The first kappa shape index (κ1) is 26.2. The molecule has 0 atom stereocenters. The van der Waals surface area contributed by atoms with Crippen LogP contribution in [0.25, 0.3) is 0 Å². The summed E-state index contributed by atoms with van der Waals surface area (Å²) in [6.07, 6.45) is -5.75. The van der Waals surface area contributed by atoms with Crippen LogP contribution in [0.2, 0.25) is 0 Å². The van der Waals surface area contributed by atoms with E-state index in [2.05, 4.69) is 4.98 Å². The molecule has 0 radical (unpaired) electrons. The third-order valence-corrected chi connectivity index (χ3v) is 3.43. The second-order valence-electron chi connectivity index (χ2n) is 5.52. The Morgan fingerprint density at radius 3 is 1.61 bits per heavy atom. The normalized spacial score (nSPS) is 14.2. The molecule has 0 aromatic carbocycles. The van der Waals surface area contributed by atoms with Crippen molar-refractivity contribution < 1.29 is 66.7 Å². The molecule has 0 saturated carbocycles. The van der Waals surface area contributed by atoms with E-state index in [0.29, 0.717) is 5.43 Å². The Bertz CT molecular complexity index is 824. The lowest BCUT2D eigenvalue weighted by Crippen LogP contribution is -2.72. The molecule has 176 valence electrons. The van der Waals surface area contributed by atoms with Gasteiger partial charge in [0.05, 0.1) is 5.56 Å². The van der Waals surface area contributed by atoms with Crippen LogP contribution in [0.3, 0.4) is 0 Å². The molecule has 0 unspecified atom stereocenters. The van der Waals surface area contributed by atoms with E-state index in [4.69, 9.17) is 0 Å². The number of alkyl halides is 13. The molecule has 0 aliphatic rings. The summed E-state index contributed by atoms with van der Waals surface area (Å²) in [6.45, 7) is 0. The van der Waals surface area contributed by atoms with Gasteiger partial charge in [-0.3, -0.25) is 25.4 Å². The summed E-state index contributed by atoms with van der Waals surface area (Å²) < 4.78 is 168. The van der Waals surface area contributed by atoms with Crippen LogP contribution in [0.15, 0.2) is 24.5 Å². The highest BCUT2D eigenvalue weighted by atomic mass is 19.4. The molecular weight excluding hydrogens is 477 g/mol. The molecule has 0 aliphatic carbocycles. The topological polar surface area (TPSA) is 71.1 Å². The molecule has 2 N–H and O–H groups in total. The lowest BCUT2D eigenvalue weighted by atomic mass is 9.93. The van der Waals surface area contributed by atoms with E-state index in [1.54, 1.807) is 0 Å². The molecule has 31 heavy (non-hydrogen) atoms. The molecule has 1 aromatic heterocycles. The van der Waals surface area contributed by atoms with E-state index >= 15 is 0 Å². The van der Waals surface area contributed by atoms with Gasteiger partial charge in [0.1, 0.15) is 0 Å². The second kappa shape index (κ2) is 7.70. The smallest absolute Gasteiger partial charge is 0.267 e. The summed E-state index contributed by atoms with van der Waals surface area (Å²) >= 11 is 0. The van der Waals surface area contributed by atoms with Crippen LogP contribution < -0.4 is 10.9 Å². The zero-order chi connectivity index (χ0) is 24.7. The van der Waals surface area contributed by atoms with Gasteiger partial charge in [0, 0.05) is 12.4 Å². The van der Waals surface area contributed by atoms with Crippen molar-refractivity contribution in [3.8, 4) is 0 Å². The molecule has 1 aromatic rings. The van der Waals surface area contributed by atoms with Crippen LogP contribution in [0, 0.1) is 0 Å². The summed E-state index contributed by atoms with van der Waals surface area (Å²) in [6, 6.07) is 1.98. The number of aromatic nitrogens is 1.